The Kier molecular flexibility index (Phi) is 4.89. The number of carbonyl (C=O) groups is 1. The van der Waals surface area contributed by atoms with Gasteiger partial charge in [-0.3, -0.25) is 4.79 Å². The summed E-state index contributed by atoms with van der Waals surface area (Å²) in [6.07, 6.45) is 1.77. The summed E-state index contributed by atoms with van der Waals surface area (Å²) in [4.78, 5) is 21.1. The monoisotopic (exact) mass is 383 g/mol. The van der Waals surface area contributed by atoms with E-state index in [4.69, 9.17) is 4.42 Å². The molecule has 140 valence electrons. The van der Waals surface area contributed by atoms with Crippen molar-refractivity contribution in [2.75, 3.05) is 31.1 Å². The van der Waals surface area contributed by atoms with Crippen molar-refractivity contribution in [2.24, 2.45) is 0 Å². The van der Waals surface area contributed by atoms with Crippen molar-refractivity contribution in [3.05, 3.63) is 46.6 Å². The molecule has 27 heavy (non-hydrogen) atoms. The van der Waals surface area contributed by atoms with Crippen molar-refractivity contribution in [3.8, 4) is 11.5 Å². The maximum absolute atomic E-state index is 12.5. The minimum atomic E-state index is 0.0932. The summed E-state index contributed by atoms with van der Waals surface area (Å²) in [6.45, 7) is 6.78. The number of thiophene rings is 1. The molecule has 4 heterocycles. The first kappa shape index (κ1) is 17.7. The highest BCUT2D eigenvalue weighted by molar-refractivity contribution is 7.08. The number of piperazine rings is 1. The minimum absolute atomic E-state index is 0.0932. The van der Waals surface area contributed by atoms with Crippen LogP contribution in [0.1, 0.15) is 36.0 Å². The van der Waals surface area contributed by atoms with Crippen molar-refractivity contribution < 1.29 is 9.21 Å². The van der Waals surface area contributed by atoms with Gasteiger partial charge in [-0.2, -0.15) is 11.3 Å². The second-order valence-electron chi connectivity index (χ2n) is 6.77. The molecule has 0 spiro atoms. The van der Waals surface area contributed by atoms with Gasteiger partial charge in [0.15, 0.2) is 0 Å². The van der Waals surface area contributed by atoms with Crippen LogP contribution < -0.4 is 4.90 Å². The van der Waals surface area contributed by atoms with Gasteiger partial charge in [0.05, 0.1) is 11.1 Å². The quantitative estimate of drug-likeness (QED) is 0.688. The van der Waals surface area contributed by atoms with E-state index in [-0.39, 0.29) is 11.8 Å². The van der Waals surface area contributed by atoms with Gasteiger partial charge < -0.3 is 14.2 Å². The largest absolute Gasteiger partial charge is 0.420 e. The number of anilines is 1. The van der Waals surface area contributed by atoms with Crippen molar-refractivity contribution in [2.45, 2.75) is 19.8 Å². The van der Waals surface area contributed by atoms with Crippen molar-refractivity contribution in [3.63, 3.8) is 0 Å². The van der Waals surface area contributed by atoms with Crippen LogP contribution in [0, 0.1) is 0 Å². The summed E-state index contributed by atoms with van der Waals surface area (Å²) in [5.74, 6) is 2.19. The fourth-order valence-corrected chi connectivity index (χ4v) is 3.71. The van der Waals surface area contributed by atoms with Crippen molar-refractivity contribution in [1.29, 1.82) is 0 Å². The highest BCUT2D eigenvalue weighted by atomic mass is 32.1. The molecule has 0 radical (unpaired) electrons. The third-order valence-corrected chi connectivity index (χ3v) is 5.27. The van der Waals surface area contributed by atoms with E-state index in [1.165, 1.54) is 0 Å². The fourth-order valence-electron chi connectivity index (χ4n) is 3.08. The van der Waals surface area contributed by atoms with Crippen LogP contribution in [-0.4, -0.2) is 52.2 Å². The Morgan fingerprint density at radius 2 is 2.00 bits per heavy atom. The Bertz CT molecular complexity index is 914. The van der Waals surface area contributed by atoms with Gasteiger partial charge in [0, 0.05) is 43.7 Å². The van der Waals surface area contributed by atoms with Crippen LogP contribution in [0.4, 0.5) is 5.82 Å². The number of pyridine rings is 1. The average Bonchev–Trinajstić information content (AvgIpc) is 3.40. The molecule has 0 N–H and O–H groups in total. The van der Waals surface area contributed by atoms with Crippen molar-refractivity contribution >= 4 is 23.1 Å². The first-order valence-electron chi connectivity index (χ1n) is 8.98. The van der Waals surface area contributed by atoms with Gasteiger partial charge in [-0.25, -0.2) is 4.98 Å². The number of hydrogen-bond acceptors (Lipinski definition) is 7. The Hall–Kier alpha value is -2.74. The second kappa shape index (κ2) is 7.48. The smallest absolute Gasteiger partial charge is 0.254 e. The normalized spacial score (nSPS) is 14.8. The number of aromatic nitrogens is 3. The third-order valence-electron chi connectivity index (χ3n) is 4.59. The van der Waals surface area contributed by atoms with Crippen LogP contribution in [0.2, 0.25) is 0 Å². The molecule has 1 saturated heterocycles. The van der Waals surface area contributed by atoms with E-state index in [1.54, 1.807) is 17.5 Å². The van der Waals surface area contributed by atoms with E-state index >= 15 is 0 Å². The van der Waals surface area contributed by atoms with E-state index in [9.17, 15) is 4.79 Å². The maximum Gasteiger partial charge on any atom is 0.254 e. The zero-order chi connectivity index (χ0) is 18.8. The minimum Gasteiger partial charge on any atom is -0.420 e. The molecule has 0 unspecified atom stereocenters. The molecule has 1 aliphatic heterocycles. The molecule has 0 aliphatic carbocycles. The lowest BCUT2D eigenvalue weighted by atomic mass is 10.2. The molecule has 1 aliphatic rings. The van der Waals surface area contributed by atoms with Crippen LogP contribution >= 0.6 is 11.3 Å². The standard InChI is InChI=1S/C19H21N5O2S/c1-13(2)17-21-22-18(26-17)15-4-3-6-20-16(15)23-7-9-24(10-8-23)19(25)14-5-11-27-12-14/h3-6,11-13H,7-10H2,1-2H3. The fraction of sp³-hybridized carbons (Fsp3) is 0.368. The summed E-state index contributed by atoms with van der Waals surface area (Å²) >= 11 is 1.54. The molecule has 8 heteroatoms. The Morgan fingerprint density at radius 1 is 1.19 bits per heavy atom. The SMILES string of the molecule is CC(C)c1nnc(-c2cccnc2N2CCN(C(=O)c3ccsc3)CC2)o1. The lowest BCUT2D eigenvalue weighted by Crippen LogP contribution is -2.49. The molecule has 4 rings (SSSR count). The lowest BCUT2D eigenvalue weighted by Gasteiger charge is -2.35. The topological polar surface area (TPSA) is 75.4 Å². The zero-order valence-corrected chi connectivity index (χ0v) is 16.1. The van der Waals surface area contributed by atoms with Gasteiger partial charge >= 0.3 is 0 Å². The summed E-state index contributed by atoms with van der Waals surface area (Å²) in [6, 6.07) is 5.69. The third kappa shape index (κ3) is 3.57. The molecule has 1 amide bonds. The Morgan fingerprint density at radius 3 is 2.67 bits per heavy atom. The second-order valence-corrected chi connectivity index (χ2v) is 7.55. The van der Waals surface area contributed by atoms with Crippen LogP contribution in [0.3, 0.4) is 0 Å². The highest BCUT2D eigenvalue weighted by Gasteiger charge is 2.26. The molecule has 0 saturated carbocycles. The van der Waals surface area contributed by atoms with E-state index in [2.05, 4.69) is 20.1 Å². The zero-order valence-electron chi connectivity index (χ0n) is 15.3. The summed E-state index contributed by atoms with van der Waals surface area (Å²) in [5.41, 5.74) is 1.59. The number of nitrogens with zero attached hydrogens (tertiary/aromatic N) is 5. The average molecular weight is 383 g/mol. The van der Waals surface area contributed by atoms with Gasteiger partial charge in [0.2, 0.25) is 5.89 Å². The summed E-state index contributed by atoms with van der Waals surface area (Å²) in [5, 5.41) is 12.1. The van der Waals surface area contributed by atoms with Gasteiger partial charge in [-0.05, 0) is 23.6 Å². The Labute approximate surface area is 161 Å². The number of hydrogen-bond donors (Lipinski definition) is 0. The van der Waals surface area contributed by atoms with Gasteiger partial charge in [0.25, 0.3) is 11.8 Å². The van der Waals surface area contributed by atoms with Crippen LogP contribution in [0.25, 0.3) is 11.5 Å². The first-order chi connectivity index (χ1) is 13.1. The number of carbonyl (C=O) groups excluding carboxylic acids is 1. The summed E-state index contributed by atoms with van der Waals surface area (Å²) < 4.78 is 5.82. The maximum atomic E-state index is 12.5. The van der Waals surface area contributed by atoms with Gasteiger partial charge in [-0.15, -0.1) is 10.2 Å². The molecule has 1 fully saturated rings. The predicted molar refractivity (Wildman–Crippen MR) is 104 cm³/mol. The number of amides is 1. The molecule has 0 aromatic carbocycles. The predicted octanol–water partition coefficient (Wildman–Crippen LogP) is 3.28. The van der Waals surface area contributed by atoms with E-state index in [0.29, 0.717) is 38.0 Å². The van der Waals surface area contributed by atoms with Gasteiger partial charge in [0.1, 0.15) is 5.82 Å². The van der Waals surface area contributed by atoms with Crippen LogP contribution in [-0.2, 0) is 0 Å². The molecule has 3 aromatic rings. The van der Waals surface area contributed by atoms with E-state index in [0.717, 1.165) is 16.9 Å². The highest BCUT2D eigenvalue weighted by Crippen LogP contribution is 2.29. The first-order valence-corrected chi connectivity index (χ1v) is 9.93. The Balaban J connectivity index is 1.51. The summed E-state index contributed by atoms with van der Waals surface area (Å²) in [7, 11) is 0. The lowest BCUT2D eigenvalue weighted by molar-refractivity contribution is 0.0747. The molecule has 3 aromatic heterocycles. The van der Waals surface area contributed by atoms with Gasteiger partial charge in [-0.1, -0.05) is 13.8 Å². The van der Waals surface area contributed by atoms with E-state index in [1.807, 2.05) is 47.7 Å². The van der Waals surface area contributed by atoms with Crippen molar-refractivity contribution in [1.82, 2.24) is 20.1 Å². The van der Waals surface area contributed by atoms with Crippen LogP contribution in [0.5, 0.6) is 0 Å². The molecule has 7 nitrogen and oxygen atoms in total. The van der Waals surface area contributed by atoms with Crippen LogP contribution in [0.15, 0.2) is 39.6 Å². The molecular formula is C19H21N5O2S. The molecule has 0 bridgehead atoms. The molecule has 0 atom stereocenters. The molecular weight excluding hydrogens is 362 g/mol. The number of rotatable bonds is 4. The van der Waals surface area contributed by atoms with E-state index < -0.39 is 0 Å².